The highest BCUT2D eigenvalue weighted by Crippen LogP contribution is 2.29. The van der Waals surface area contributed by atoms with Gasteiger partial charge < -0.3 is 21.0 Å². The zero-order valence-corrected chi connectivity index (χ0v) is 17.2. The molecule has 0 saturated carbocycles. The number of carbonyl (C=O) groups is 1. The van der Waals surface area contributed by atoms with Crippen molar-refractivity contribution in [2.24, 2.45) is 0 Å². The monoisotopic (exact) mass is 431 g/mol. The van der Waals surface area contributed by atoms with E-state index in [1.807, 2.05) is 0 Å². The minimum Gasteiger partial charge on any atom is -0.493 e. The van der Waals surface area contributed by atoms with Gasteiger partial charge in [0.05, 0.1) is 22.9 Å². The van der Waals surface area contributed by atoms with E-state index in [0.717, 1.165) is 10.6 Å². The molecule has 0 aromatic heterocycles. The maximum Gasteiger partial charge on any atom is 0.255 e. The number of amides is 1. The minimum atomic E-state index is -0.387. The van der Waals surface area contributed by atoms with Crippen LogP contribution in [0.3, 0.4) is 0 Å². The lowest BCUT2D eigenvalue weighted by atomic mass is 10.1. The van der Waals surface area contributed by atoms with Crippen LogP contribution in [0.15, 0.2) is 36.4 Å². The second-order valence-electron chi connectivity index (χ2n) is 6.09. The molecular weight excluding hydrogens is 408 g/mol. The van der Waals surface area contributed by atoms with E-state index >= 15 is 0 Å². The number of hydrogen-bond donors (Lipinski definition) is 3. The third-order valence-corrected chi connectivity index (χ3v) is 4.30. The second-order valence-corrected chi connectivity index (χ2v) is 6.49. The van der Waals surface area contributed by atoms with Gasteiger partial charge in [-0.1, -0.05) is 23.7 Å². The zero-order chi connectivity index (χ0) is 20.0. The standard InChI is InChI=1S/C19H23ClFN3O3.ClH/c1-3-27-18-9-17(22)16(20)8-15(18)19(25)23-10-12(2)24(26)11-13-4-6-14(21)7-5-13;/h4-9,12,26H,3,10-11,22H2,1-2H3,(H,23,25);1H/t12-;/m0./s1. The summed E-state index contributed by atoms with van der Waals surface area (Å²) >= 11 is 6.01. The third-order valence-electron chi connectivity index (χ3n) is 3.97. The summed E-state index contributed by atoms with van der Waals surface area (Å²) in [6.07, 6.45) is 0. The molecule has 0 aliphatic heterocycles. The topological polar surface area (TPSA) is 87.8 Å². The van der Waals surface area contributed by atoms with Gasteiger partial charge in [-0.3, -0.25) is 4.79 Å². The number of benzene rings is 2. The maximum atomic E-state index is 12.9. The fourth-order valence-electron chi connectivity index (χ4n) is 2.40. The molecule has 0 radical (unpaired) electrons. The van der Waals surface area contributed by atoms with Crippen molar-refractivity contribution in [3.63, 3.8) is 0 Å². The summed E-state index contributed by atoms with van der Waals surface area (Å²) in [6, 6.07) is 8.43. The number of hydrogen-bond acceptors (Lipinski definition) is 5. The van der Waals surface area contributed by atoms with Crippen LogP contribution in [0.1, 0.15) is 29.8 Å². The molecule has 0 saturated heterocycles. The molecule has 0 spiro atoms. The molecule has 4 N–H and O–H groups in total. The van der Waals surface area contributed by atoms with Crippen molar-refractivity contribution < 1.29 is 19.1 Å². The second kappa shape index (κ2) is 11.1. The first-order valence-electron chi connectivity index (χ1n) is 8.51. The number of carbonyl (C=O) groups excluding carboxylic acids is 1. The highest BCUT2D eigenvalue weighted by atomic mass is 35.5. The van der Waals surface area contributed by atoms with Gasteiger partial charge in [-0.2, -0.15) is 5.06 Å². The Morgan fingerprint density at radius 2 is 2.00 bits per heavy atom. The average Bonchev–Trinajstić information content (AvgIpc) is 2.64. The molecule has 154 valence electrons. The fourth-order valence-corrected chi connectivity index (χ4v) is 2.56. The Morgan fingerprint density at radius 3 is 2.61 bits per heavy atom. The van der Waals surface area contributed by atoms with Crippen molar-refractivity contribution in [3.05, 3.63) is 58.4 Å². The Labute approximate surface area is 174 Å². The molecule has 9 heteroatoms. The lowest BCUT2D eigenvalue weighted by Crippen LogP contribution is -2.40. The number of nitrogen functional groups attached to an aromatic ring is 1. The van der Waals surface area contributed by atoms with Crippen molar-refractivity contribution in [2.75, 3.05) is 18.9 Å². The van der Waals surface area contributed by atoms with Crippen LogP contribution in [0.2, 0.25) is 5.02 Å². The van der Waals surface area contributed by atoms with Crippen LogP contribution in [-0.4, -0.2) is 35.4 Å². The number of hydroxylamine groups is 2. The fraction of sp³-hybridized carbons (Fsp3) is 0.316. The smallest absolute Gasteiger partial charge is 0.255 e. The van der Waals surface area contributed by atoms with Gasteiger partial charge in [-0.25, -0.2) is 4.39 Å². The minimum absolute atomic E-state index is 0. The first kappa shape index (κ1) is 24.0. The Kier molecular flexibility index (Phi) is 9.48. The zero-order valence-electron chi connectivity index (χ0n) is 15.6. The Hall–Kier alpha value is -2.06. The molecule has 0 heterocycles. The van der Waals surface area contributed by atoms with E-state index in [-0.39, 0.29) is 53.8 Å². The molecule has 6 nitrogen and oxygen atoms in total. The van der Waals surface area contributed by atoms with Crippen LogP contribution < -0.4 is 15.8 Å². The summed E-state index contributed by atoms with van der Waals surface area (Å²) in [5.74, 6) is -0.380. The van der Waals surface area contributed by atoms with Gasteiger partial charge in [-0.05, 0) is 37.6 Å². The molecule has 1 amide bonds. The lowest BCUT2D eigenvalue weighted by Gasteiger charge is -2.23. The van der Waals surface area contributed by atoms with Crippen LogP contribution in [0.4, 0.5) is 10.1 Å². The Balaban J connectivity index is 0.00000392. The van der Waals surface area contributed by atoms with E-state index in [0.29, 0.717) is 18.0 Å². The van der Waals surface area contributed by atoms with Gasteiger partial charge in [0.15, 0.2) is 0 Å². The summed E-state index contributed by atoms with van der Waals surface area (Å²) in [4.78, 5) is 12.5. The van der Waals surface area contributed by atoms with Gasteiger partial charge in [0.25, 0.3) is 5.91 Å². The van der Waals surface area contributed by atoms with Crippen LogP contribution in [0, 0.1) is 5.82 Å². The lowest BCUT2D eigenvalue weighted by molar-refractivity contribution is -0.128. The van der Waals surface area contributed by atoms with Gasteiger partial charge in [-0.15, -0.1) is 12.4 Å². The molecule has 28 heavy (non-hydrogen) atoms. The predicted octanol–water partition coefficient (Wildman–Crippen LogP) is 3.89. The number of nitrogens with one attached hydrogen (secondary N) is 1. The summed E-state index contributed by atoms with van der Waals surface area (Å²) in [5, 5.41) is 14.2. The number of anilines is 1. The number of halogens is 3. The van der Waals surface area contributed by atoms with E-state index in [1.165, 1.54) is 24.3 Å². The van der Waals surface area contributed by atoms with E-state index < -0.39 is 0 Å². The Bertz CT molecular complexity index is 791. The van der Waals surface area contributed by atoms with Crippen molar-refractivity contribution in [3.8, 4) is 5.75 Å². The van der Waals surface area contributed by atoms with E-state index in [2.05, 4.69) is 5.32 Å². The van der Waals surface area contributed by atoms with Crippen molar-refractivity contribution in [1.29, 1.82) is 0 Å². The van der Waals surface area contributed by atoms with Crippen LogP contribution in [0.5, 0.6) is 5.75 Å². The molecule has 0 unspecified atom stereocenters. The summed E-state index contributed by atoms with van der Waals surface area (Å²) in [6.45, 7) is 4.32. The average molecular weight is 432 g/mol. The SMILES string of the molecule is CCOc1cc(N)c(Cl)cc1C(=O)NC[C@H](C)N(O)Cc1ccc(F)cc1.Cl. The molecule has 0 fully saturated rings. The molecule has 0 aliphatic rings. The molecular formula is C19H24Cl2FN3O3. The number of ether oxygens (including phenoxy) is 1. The summed E-state index contributed by atoms with van der Waals surface area (Å²) < 4.78 is 18.4. The van der Waals surface area contributed by atoms with Crippen LogP contribution in [-0.2, 0) is 6.54 Å². The van der Waals surface area contributed by atoms with Gasteiger partial charge in [0, 0.05) is 25.2 Å². The third kappa shape index (κ3) is 6.53. The number of rotatable bonds is 8. The quantitative estimate of drug-likeness (QED) is 0.435. The van der Waals surface area contributed by atoms with Crippen LogP contribution in [0.25, 0.3) is 0 Å². The van der Waals surface area contributed by atoms with Gasteiger partial charge >= 0.3 is 0 Å². The largest absolute Gasteiger partial charge is 0.493 e. The van der Waals surface area contributed by atoms with E-state index in [9.17, 15) is 14.4 Å². The summed E-state index contributed by atoms with van der Waals surface area (Å²) in [7, 11) is 0. The maximum absolute atomic E-state index is 12.9. The Morgan fingerprint density at radius 1 is 1.36 bits per heavy atom. The molecule has 1 atom stereocenters. The highest BCUT2D eigenvalue weighted by Gasteiger charge is 2.18. The molecule has 0 bridgehead atoms. The van der Waals surface area contributed by atoms with Crippen LogP contribution >= 0.6 is 24.0 Å². The molecule has 0 aliphatic carbocycles. The number of nitrogens with two attached hydrogens (primary N) is 1. The van der Waals surface area contributed by atoms with Crippen molar-refractivity contribution in [2.45, 2.75) is 26.4 Å². The predicted molar refractivity (Wildman–Crippen MR) is 110 cm³/mol. The molecule has 2 aromatic carbocycles. The first-order valence-corrected chi connectivity index (χ1v) is 8.89. The highest BCUT2D eigenvalue weighted by molar-refractivity contribution is 6.33. The van der Waals surface area contributed by atoms with Crippen molar-refractivity contribution in [1.82, 2.24) is 10.4 Å². The molecule has 2 rings (SSSR count). The van der Waals surface area contributed by atoms with Crippen molar-refractivity contribution >= 4 is 35.6 Å². The normalized spacial score (nSPS) is 11.6. The number of nitrogens with zero attached hydrogens (tertiary/aromatic N) is 1. The van der Waals surface area contributed by atoms with E-state index in [1.54, 1.807) is 26.0 Å². The summed E-state index contributed by atoms with van der Waals surface area (Å²) in [5.41, 5.74) is 7.10. The first-order chi connectivity index (χ1) is 12.8. The van der Waals surface area contributed by atoms with Gasteiger partial charge in [0.1, 0.15) is 11.6 Å². The van der Waals surface area contributed by atoms with Gasteiger partial charge in [0.2, 0.25) is 0 Å². The van der Waals surface area contributed by atoms with E-state index in [4.69, 9.17) is 22.1 Å². The molecule has 2 aromatic rings.